The fourth-order valence-corrected chi connectivity index (χ4v) is 5.98. The number of unbranched alkanes of at least 4 members (excludes halogenated alkanes) is 1. The molecule has 3 atom stereocenters. The average Bonchev–Trinajstić information content (AvgIpc) is 3.85. The van der Waals surface area contributed by atoms with Crippen LogP contribution in [0.1, 0.15) is 91.3 Å². The van der Waals surface area contributed by atoms with Crippen molar-refractivity contribution in [3.8, 4) is 17.3 Å². The molecule has 3 unspecified atom stereocenters. The van der Waals surface area contributed by atoms with E-state index < -0.39 is 11.6 Å². The summed E-state index contributed by atoms with van der Waals surface area (Å²) in [6.07, 6.45) is 6.53. The Kier molecular flexibility index (Phi) is 13.3. The van der Waals surface area contributed by atoms with Gasteiger partial charge >= 0.3 is 0 Å². The number of rotatable bonds is 3. The van der Waals surface area contributed by atoms with Gasteiger partial charge < -0.3 is 25.1 Å². The van der Waals surface area contributed by atoms with E-state index in [4.69, 9.17) is 20.2 Å². The molecular weight excluding hydrogens is 586 g/mol. The lowest BCUT2D eigenvalue weighted by molar-refractivity contribution is 0.134. The van der Waals surface area contributed by atoms with Gasteiger partial charge in [0.05, 0.1) is 49.9 Å². The Balaban J connectivity index is 0.000000577. The predicted octanol–water partition coefficient (Wildman–Crippen LogP) is 6.77. The monoisotopic (exact) mass is 636 g/mol. The molecule has 46 heavy (non-hydrogen) atoms. The number of H-pyrrole nitrogens is 1. The molecule has 2 aromatic heterocycles. The van der Waals surface area contributed by atoms with Gasteiger partial charge in [0, 0.05) is 40.0 Å². The molecule has 2 saturated heterocycles. The van der Waals surface area contributed by atoms with E-state index in [1.165, 1.54) is 19.3 Å². The summed E-state index contributed by atoms with van der Waals surface area (Å²) in [5, 5.41) is 10.5. The highest BCUT2D eigenvalue weighted by atomic mass is 19.1. The maximum atomic E-state index is 16.1. The Labute approximate surface area is 272 Å². The number of benzene rings is 1. The average molecular weight is 637 g/mol. The van der Waals surface area contributed by atoms with Crippen LogP contribution >= 0.6 is 0 Å². The summed E-state index contributed by atoms with van der Waals surface area (Å²) in [7, 11) is 0. The quantitative estimate of drug-likeness (QED) is 0.242. The van der Waals surface area contributed by atoms with Crippen molar-refractivity contribution in [2.24, 2.45) is 16.8 Å². The molecule has 0 saturated carbocycles. The fourth-order valence-electron chi connectivity index (χ4n) is 5.98. The second kappa shape index (κ2) is 16.7. The second-order valence-electron chi connectivity index (χ2n) is 11.7. The van der Waals surface area contributed by atoms with Crippen LogP contribution in [0, 0.1) is 34.8 Å². The summed E-state index contributed by atoms with van der Waals surface area (Å²) < 4.78 is 42.0. The molecule has 2 fully saturated rings. The molecule has 250 valence electrons. The number of nitrogen functional groups attached to an aromatic ring is 1. The van der Waals surface area contributed by atoms with Gasteiger partial charge in [-0.3, -0.25) is 4.98 Å². The van der Waals surface area contributed by atoms with Crippen molar-refractivity contribution >= 4 is 35.3 Å². The molecule has 3 N–H and O–H groups in total. The molecular formula is C36H50F2N6O2. The zero-order chi connectivity index (χ0) is 34.1. The number of anilines is 1. The second-order valence-corrected chi connectivity index (χ2v) is 11.7. The van der Waals surface area contributed by atoms with Crippen LogP contribution in [0.15, 0.2) is 11.2 Å². The lowest BCUT2D eigenvalue weighted by Gasteiger charge is -2.24. The minimum absolute atomic E-state index is 0.00151. The Bertz CT molecular complexity index is 1690. The number of aromatic amines is 1. The van der Waals surface area contributed by atoms with E-state index in [1.54, 1.807) is 6.20 Å². The van der Waals surface area contributed by atoms with Gasteiger partial charge in [0.25, 0.3) is 0 Å². The van der Waals surface area contributed by atoms with Crippen LogP contribution in [0.4, 0.5) is 14.6 Å². The number of aromatic nitrogens is 2. The molecule has 0 amide bonds. The molecule has 6 rings (SSSR count). The maximum Gasteiger partial charge on any atom is 0.165 e. The van der Waals surface area contributed by atoms with Gasteiger partial charge in [-0.25, -0.2) is 13.8 Å². The van der Waals surface area contributed by atoms with E-state index in [-0.39, 0.29) is 52.0 Å². The summed E-state index contributed by atoms with van der Waals surface area (Å²) >= 11 is 0. The summed E-state index contributed by atoms with van der Waals surface area (Å²) in [5.41, 5.74) is 7.50. The number of nitriles is 1. The highest BCUT2D eigenvalue weighted by Crippen LogP contribution is 2.38. The van der Waals surface area contributed by atoms with E-state index in [1.807, 2.05) is 26.8 Å². The Hall–Kier alpha value is -3.81. The summed E-state index contributed by atoms with van der Waals surface area (Å²) in [6, 6.07) is 2.28. The number of amidine groups is 1. The molecule has 1 aromatic carbocycles. The first-order valence-corrected chi connectivity index (χ1v) is 16.5. The van der Waals surface area contributed by atoms with Crippen LogP contribution < -0.4 is 16.2 Å². The number of hydrogen-bond donors (Lipinski definition) is 2. The zero-order valence-corrected chi connectivity index (χ0v) is 28.7. The highest BCUT2D eigenvalue weighted by molar-refractivity contribution is 6.01. The van der Waals surface area contributed by atoms with Gasteiger partial charge in [-0.05, 0) is 24.0 Å². The Morgan fingerprint density at radius 3 is 2.46 bits per heavy atom. The molecule has 3 aliphatic heterocycles. The van der Waals surface area contributed by atoms with Crippen LogP contribution in [0.5, 0.6) is 0 Å². The van der Waals surface area contributed by atoms with Gasteiger partial charge in [-0.1, -0.05) is 74.3 Å². The summed E-state index contributed by atoms with van der Waals surface area (Å²) in [5.74, 6) is 0.530. The van der Waals surface area contributed by atoms with Crippen LogP contribution in [0.2, 0.25) is 0 Å². The van der Waals surface area contributed by atoms with Gasteiger partial charge in [-0.15, -0.1) is 0 Å². The Morgan fingerprint density at radius 1 is 1.17 bits per heavy atom. The molecule has 0 bridgehead atoms. The van der Waals surface area contributed by atoms with Crippen molar-refractivity contribution in [1.29, 1.82) is 5.26 Å². The number of nitrogens with two attached hydrogens (primary N) is 1. The number of nitrogens with one attached hydrogen (secondary N) is 1. The van der Waals surface area contributed by atoms with Crippen molar-refractivity contribution in [2.45, 2.75) is 93.9 Å². The first-order valence-electron chi connectivity index (χ1n) is 16.5. The number of pyridine rings is 1. The maximum absolute atomic E-state index is 16.1. The van der Waals surface area contributed by atoms with E-state index >= 15 is 4.39 Å². The number of halogens is 2. The zero-order valence-electron chi connectivity index (χ0n) is 28.7. The fraction of sp³-hybridized carbons (Fsp3) is 0.528. The lowest BCUT2D eigenvalue weighted by Crippen LogP contribution is -2.37. The van der Waals surface area contributed by atoms with Gasteiger partial charge in [0.15, 0.2) is 5.82 Å². The summed E-state index contributed by atoms with van der Waals surface area (Å²) in [4.78, 5) is 13.9. The molecule has 5 heterocycles. The van der Waals surface area contributed by atoms with Gasteiger partial charge in [0.2, 0.25) is 0 Å². The highest BCUT2D eigenvalue weighted by Gasteiger charge is 2.43. The molecule has 0 aliphatic carbocycles. The van der Waals surface area contributed by atoms with Crippen LogP contribution in [0.25, 0.3) is 34.9 Å². The molecule has 0 spiro atoms. The molecule has 8 nitrogen and oxygen atoms in total. The van der Waals surface area contributed by atoms with Crippen LogP contribution in [-0.4, -0.2) is 46.5 Å². The van der Waals surface area contributed by atoms with Gasteiger partial charge in [0.1, 0.15) is 29.1 Å². The van der Waals surface area contributed by atoms with Crippen LogP contribution in [0.3, 0.4) is 0 Å². The SMILES string of the molecule is C=c1c(F)c(-c2ncc(F)c3[nH]c(N)c(C#N)c23)c2c(/c1=C/N=C(C)N1CC(C)C3COCC31)COC2.CC.CCC.CCCC. The minimum atomic E-state index is -0.684. The third-order valence-electron chi connectivity index (χ3n) is 8.46. The van der Waals surface area contributed by atoms with Crippen LogP contribution in [-0.2, 0) is 22.7 Å². The van der Waals surface area contributed by atoms with E-state index in [0.717, 1.165) is 30.7 Å². The normalized spacial score (nSPS) is 20.2. The number of hydrogen-bond acceptors (Lipinski definition) is 6. The van der Waals surface area contributed by atoms with Crippen molar-refractivity contribution in [2.75, 3.05) is 25.5 Å². The number of aliphatic imine (C=N–C) groups is 1. The van der Waals surface area contributed by atoms with E-state index in [2.05, 4.69) is 56.1 Å². The first-order chi connectivity index (χ1) is 22.1. The Morgan fingerprint density at radius 2 is 1.83 bits per heavy atom. The third-order valence-corrected chi connectivity index (χ3v) is 8.46. The molecule has 3 aliphatic rings. The lowest BCUT2D eigenvalue weighted by atomic mass is 9.94. The number of nitrogens with zero attached hydrogens (tertiary/aromatic N) is 4. The minimum Gasteiger partial charge on any atom is -0.384 e. The third kappa shape index (κ3) is 7.11. The first kappa shape index (κ1) is 36.7. The topological polar surface area (TPSA) is 113 Å². The number of ether oxygens (including phenoxy) is 2. The number of fused-ring (bicyclic) bond motifs is 3. The molecule has 3 aromatic rings. The van der Waals surface area contributed by atoms with Crippen molar-refractivity contribution in [3.05, 3.63) is 45.0 Å². The molecule has 10 heteroatoms. The van der Waals surface area contributed by atoms with Crippen molar-refractivity contribution in [3.63, 3.8) is 0 Å². The predicted molar refractivity (Wildman–Crippen MR) is 183 cm³/mol. The summed E-state index contributed by atoms with van der Waals surface area (Å²) in [6.45, 7) is 23.5. The van der Waals surface area contributed by atoms with Crippen molar-refractivity contribution < 1.29 is 18.3 Å². The standard InChI is InChI=1S/C27H26F2N6O2.C4H10.C3H8.C2H6/c1-12-7-35(21-11-37-8-17(12)21)14(3)32-5-16-13(2)24(29)22(19-10-36-9-18(16)19)26-23-15(4-30)27(31)34-25(23)20(28)6-33-26;1-3-4-2;1-3-2;1-2/h5-6,12,17,21,34H,2,7-11,31H2,1,3H3;3-4H2,1-2H3;3H2,1-2H3;1-2H3/b16-5+,32-14?;;;. The largest absolute Gasteiger partial charge is 0.384 e. The van der Waals surface area contributed by atoms with Crippen molar-refractivity contribution in [1.82, 2.24) is 14.9 Å². The number of likely N-dealkylation sites (tertiary alicyclic amines) is 1. The van der Waals surface area contributed by atoms with Gasteiger partial charge in [-0.2, -0.15) is 5.26 Å². The van der Waals surface area contributed by atoms with E-state index in [0.29, 0.717) is 35.3 Å². The molecule has 0 radical (unpaired) electrons. The van der Waals surface area contributed by atoms with E-state index in [9.17, 15) is 9.65 Å². The smallest absolute Gasteiger partial charge is 0.165 e.